The van der Waals surface area contributed by atoms with Gasteiger partial charge in [0.1, 0.15) is 0 Å². The van der Waals surface area contributed by atoms with Crippen molar-refractivity contribution in [3.63, 3.8) is 0 Å². The zero-order valence-electron chi connectivity index (χ0n) is 8.67. The normalized spacial score (nSPS) is 10.7. The van der Waals surface area contributed by atoms with E-state index < -0.39 is 10.1 Å². The van der Waals surface area contributed by atoms with Gasteiger partial charge in [-0.15, -0.1) is 0 Å². The highest BCUT2D eigenvalue weighted by Gasteiger charge is 1.98. The van der Waals surface area contributed by atoms with Gasteiger partial charge in [0, 0.05) is 5.75 Å². The van der Waals surface area contributed by atoms with Crippen LogP contribution in [0.4, 0.5) is 0 Å². The minimum atomic E-state index is -3.75. The molecule has 7 heteroatoms. The minimum Gasteiger partial charge on any atom is -0.286 e. The Balaban J connectivity index is 0. The fraction of sp³-hybridized carbons (Fsp3) is 1.00. The molecule has 0 bridgehead atoms. The first-order chi connectivity index (χ1) is 6.97. The predicted molar refractivity (Wildman–Crippen MR) is 76.4 cm³/mol. The van der Waals surface area contributed by atoms with Gasteiger partial charge >= 0.3 is 0 Å². The Morgan fingerprint density at radius 2 is 1.20 bits per heavy atom. The molecule has 0 aromatic rings. The summed E-state index contributed by atoms with van der Waals surface area (Å²) in [7, 11) is -3.75. The van der Waals surface area contributed by atoms with Crippen molar-refractivity contribution in [3.8, 4) is 0 Å². The summed E-state index contributed by atoms with van der Waals surface area (Å²) in [6, 6.07) is 0. The molecule has 0 aliphatic heterocycles. The lowest BCUT2D eigenvalue weighted by Crippen LogP contribution is -2.03. The van der Waals surface area contributed by atoms with Crippen LogP contribution in [-0.2, 0) is 10.1 Å². The molecule has 0 aromatic carbocycles. The number of thiol groups is 3. The summed E-state index contributed by atoms with van der Waals surface area (Å²) < 4.78 is 27.4. The van der Waals surface area contributed by atoms with E-state index in [9.17, 15) is 8.42 Å². The quantitative estimate of drug-likeness (QED) is 0.331. The van der Waals surface area contributed by atoms with Gasteiger partial charge in [-0.05, 0) is 24.3 Å². The van der Waals surface area contributed by atoms with Crippen LogP contribution in [0.3, 0.4) is 0 Å². The van der Waals surface area contributed by atoms with Crippen molar-refractivity contribution in [3.05, 3.63) is 0 Å². The first-order valence-electron chi connectivity index (χ1n) is 4.75. The molecule has 1 N–H and O–H groups in total. The van der Waals surface area contributed by atoms with Crippen LogP contribution in [0.5, 0.6) is 0 Å². The third-order valence-corrected chi connectivity index (χ3v) is 3.29. The third-order valence-electron chi connectivity index (χ3n) is 1.42. The Labute approximate surface area is 109 Å². The van der Waals surface area contributed by atoms with Gasteiger partial charge in [-0.1, -0.05) is 12.8 Å². The second-order valence-electron chi connectivity index (χ2n) is 2.87. The monoisotopic (exact) mass is 292 g/mol. The smallest absolute Gasteiger partial charge is 0.265 e. The van der Waals surface area contributed by atoms with Crippen molar-refractivity contribution in [1.29, 1.82) is 0 Å². The summed E-state index contributed by atoms with van der Waals surface area (Å²) in [6.45, 7) is 0. The van der Waals surface area contributed by atoms with Crippen LogP contribution in [0.2, 0.25) is 0 Å². The number of rotatable bonds is 7. The number of unbranched alkanes of at least 4 members (excludes halogenated alkanes) is 3. The Bertz CT molecular complexity index is 198. The summed E-state index contributed by atoms with van der Waals surface area (Å²) in [6.07, 6.45) is 5.17. The molecule has 0 heterocycles. The fourth-order valence-corrected chi connectivity index (χ4v) is 2.06. The highest BCUT2D eigenvalue weighted by atomic mass is 32.2. The first-order valence-corrected chi connectivity index (χ1v) is 8.26. The molecule has 0 amide bonds. The molecule has 0 rings (SSSR count). The molecule has 0 aliphatic rings. The van der Waals surface area contributed by atoms with Crippen molar-refractivity contribution in [1.82, 2.24) is 0 Å². The van der Waals surface area contributed by atoms with E-state index in [1.807, 2.05) is 0 Å². The van der Waals surface area contributed by atoms with Gasteiger partial charge in [-0.3, -0.25) is 4.55 Å². The lowest BCUT2D eigenvalue weighted by atomic mass is 10.2. The summed E-state index contributed by atoms with van der Waals surface area (Å²) in [5.74, 6) is 1.97. The topological polar surface area (TPSA) is 54.4 Å². The van der Waals surface area contributed by atoms with E-state index in [0.29, 0.717) is 0 Å². The zero-order valence-corrected chi connectivity index (χ0v) is 12.2. The maximum atomic E-state index is 9.74. The van der Waals surface area contributed by atoms with Gasteiger partial charge in [0.05, 0.1) is 5.75 Å². The molecule has 0 saturated heterocycles. The van der Waals surface area contributed by atoms with E-state index in [1.54, 1.807) is 0 Å². The van der Waals surface area contributed by atoms with Crippen LogP contribution in [-0.4, -0.2) is 36.0 Å². The molecule has 0 fully saturated rings. The highest BCUT2D eigenvalue weighted by Crippen LogP contribution is 2.00. The largest absolute Gasteiger partial charge is 0.286 e. The van der Waals surface area contributed by atoms with Crippen LogP contribution in [0.1, 0.15) is 25.7 Å². The van der Waals surface area contributed by atoms with Crippen LogP contribution >= 0.6 is 37.9 Å². The third kappa shape index (κ3) is 25.3. The summed E-state index contributed by atoms with van der Waals surface area (Å²) in [4.78, 5) is 0. The lowest BCUT2D eigenvalue weighted by molar-refractivity contribution is 0.485. The summed E-state index contributed by atoms with van der Waals surface area (Å²) in [5.41, 5.74) is 0. The fourth-order valence-electron chi connectivity index (χ4n) is 0.693. The molecule has 0 spiro atoms. The second-order valence-corrected chi connectivity index (χ2v) is 5.78. The van der Waals surface area contributed by atoms with E-state index in [1.165, 1.54) is 25.7 Å². The van der Waals surface area contributed by atoms with Crippen LogP contribution in [0, 0.1) is 0 Å². The molecule has 15 heavy (non-hydrogen) atoms. The van der Waals surface area contributed by atoms with Gasteiger partial charge in [0.25, 0.3) is 10.1 Å². The molecule has 3 nitrogen and oxygen atoms in total. The standard InChI is InChI=1S/C6H14S2.C2H6O3S2/c7-5-3-1-2-4-6-8;3-7(4,5)2-1-6/h7-8H,1-6H2;6H,1-2H2,(H,3,4,5). The molecule has 0 saturated carbocycles. The molecule has 0 unspecified atom stereocenters. The van der Waals surface area contributed by atoms with Gasteiger partial charge in [0.15, 0.2) is 0 Å². The highest BCUT2D eigenvalue weighted by molar-refractivity contribution is 7.87. The second kappa shape index (κ2) is 13.0. The van der Waals surface area contributed by atoms with Gasteiger partial charge in [-0.25, -0.2) is 0 Å². The van der Waals surface area contributed by atoms with Crippen molar-refractivity contribution in [2.24, 2.45) is 0 Å². The predicted octanol–water partition coefficient (Wildman–Crippen LogP) is 2.21. The molecule has 0 aliphatic carbocycles. The Kier molecular flexibility index (Phi) is 15.9. The maximum Gasteiger partial charge on any atom is 0.265 e. The SMILES string of the molecule is O=S(=O)(O)CCS.SCCCCCCS. The van der Waals surface area contributed by atoms with Crippen molar-refractivity contribution < 1.29 is 13.0 Å². The number of hydrogen-bond acceptors (Lipinski definition) is 5. The Hall–Kier alpha value is 0.960. The van der Waals surface area contributed by atoms with Crippen molar-refractivity contribution >= 4 is 48.0 Å². The average molecular weight is 293 g/mol. The zero-order chi connectivity index (χ0) is 12.2. The molecular formula is C8H20O3S4. The Morgan fingerprint density at radius 3 is 1.33 bits per heavy atom. The van der Waals surface area contributed by atoms with Crippen LogP contribution in [0.25, 0.3) is 0 Å². The van der Waals surface area contributed by atoms with E-state index in [2.05, 4.69) is 37.9 Å². The van der Waals surface area contributed by atoms with Crippen LogP contribution < -0.4 is 0 Å². The molecule has 0 atom stereocenters. The van der Waals surface area contributed by atoms with E-state index in [-0.39, 0.29) is 11.5 Å². The molecule has 0 aromatic heterocycles. The van der Waals surface area contributed by atoms with E-state index >= 15 is 0 Å². The molecule has 94 valence electrons. The maximum absolute atomic E-state index is 9.74. The Morgan fingerprint density at radius 1 is 0.800 bits per heavy atom. The minimum absolute atomic E-state index is 0.166. The summed E-state index contributed by atoms with van der Waals surface area (Å²) >= 11 is 11.8. The molecule has 0 radical (unpaired) electrons. The van der Waals surface area contributed by atoms with Gasteiger partial charge < -0.3 is 0 Å². The molecular weight excluding hydrogens is 272 g/mol. The van der Waals surface area contributed by atoms with Gasteiger partial charge in [-0.2, -0.15) is 46.3 Å². The van der Waals surface area contributed by atoms with Crippen molar-refractivity contribution in [2.75, 3.05) is 23.0 Å². The van der Waals surface area contributed by atoms with E-state index in [0.717, 1.165) is 11.5 Å². The van der Waals surface area contributed by atoms with Crippen LogP contribution in [0.15, 0.2) is 0 Å². The van der Waals surface area contributed by atoms with E-state index in [4.69, 9.17) is 4.55 Å². The summed E-state index contributed by atoms with van der Waals surface area (Å²) in [5, 5.41) is 0. The average Bonchev–Trinajstić information content (AvgIpc) is 2.12. The van der Waals surface area contributed by atoms with Crippen molar-refractivity contribution in [2.45, 2.75) is 25.7 Å². The number of hydrogen-bond donors (Lipinski definition) is 4. The lowest BCUT2D eigenvalue weighted by Gasteiger charge is -1.93. The van der Waals surface area contributed by atoms with Gasteiger partial charge in [0.2, 0.25) is 0 Å². The first kappa shape index (κ1) is 18.3.